The lowest BCUT2D eigenvalue weighted by molar-refractivity contribution is 0.173. The minimum absolute atomic E-state index is 0.297. The molecule has 2 heterocycles. The summed E-state index contributed by atoms with van der Waals surface area (Å²) in [4.78, 5) is 2.45. The summed E-state index contributed by atoms with van der Waals surface area (Å²) in [6.45, 7) is 5.17. The number of hydrogen-bond donors (Lipinski definition) is 1. The van der Waals surface area contributed by atoms with Gasteiger partial charge in [-0.15, -0.1) is 0 Å². The predicted octanol–water partition coefficient (Wildman–Crippen LogP) is 1.61. The van der Waals surface area contributed by atoms with Gasteiger partial charge in [0.25, 0.3) is 0 Å². The zero-order valence-electron chi connectivity index (χ0n) is 12.0. The molecule has 0 radical (unpaired) electrons. The van der Waals surface area contributed by atoms with Crippen LogP contribution in [0.25, 0.3) is 0 Å². The summed E-state index contributed by atoms with van der Waals surface area (Å²) in [7, 11) is 1.93. The third kappa shape index (κ3) is 2.99. The quantitative estimate of drug-likeness (QED) is 0.856. The molecule has 0 aliphatic carbocycles. The largest absolute Gasteiger partial charge is 0.492 e. The molecule has 1 fully saturated rings. The highest BCUT2D eigenvalue weighted by Gasteiger charge is 2.18. The van der Waals surface area contributed by atoms with Crippen molar-refractivity contribution < 1.29 is 14.2 Å². The number of rotatable bonds is 6. The topological polar surface area (TPSA) is 43.0 Å². The van der Waals surface area contributed by atoms with E-state index < -0.39 is 0 Å². The van der Waals surface area contributed by atoms with E-state index in [1.807, 2.05) is 19.2 Å². The van der Waals surface area contributed by atoms with Gasteiger partial charge < -0.3 is 19.5 Å². The first kappa shape index (κ1) is 13.5. The molecule has 1 aromatic rings. The molecule has 0 bridgehead atoms. The van der Waals surface area contributed by atoms with Gasteiger partial charge in [-0.1, -0.05) is 0 Å². The number of likely N-dealkylation sites (tertiary alicyclic amines) is 1. The van der Waals surface area contributed by atoms with Gasteiger partial charge >= 0.3 is 0 Å². The zero-order chi connectivity index (χ0) is 13.8. The van der Waals surface area contributed by atoms with Crippen molar-refractivity contribution in [2.45, 2.75) is 19.4 Å². The molecule has 1 saturated heterocycles. The molecule has 20 heavy (non-hydrogen) atoms. The van der Waals surface area contributed by atoms with Gasteiger partial charge in [0, 0.05) is 24.7 Å². The number of nitrogens with one attached hydrogen (secondary N) is 1. The number of nitrogens with zero attached hydrogens (tertiary/aromatic N) is 1. The van der Waals surface area contributed by atoms with E-state index in [0.29, 0.717) is 6.79 Å². The molecule has 1 aromatic carbocycles. The maximum absolute atomic E-state index is 5.96. The van der Waals surface area contributed by atoms with Crippen LogP contribution >= 0.6 is 0 Å². The van der Waals surface area contributed by atoms with Gasteiger partial charge in [0.2, 0.25) is 6.79 Å². The van der Waals surface area contributed by atoms with E-state index in [-0.39, 0.29) is 0 Å². The lowest BCUT2D eigenvalue weighted by Crippen LogP contribution is -2.25. The molecule has 1 N–H and O–H groups in total. The molecule has 2 aliphatic heterocycles. The summed E-state index contributed by atoms with van der Waals surface area (Å²) < 4.78 is 16.8. The minimum Gasteiger partial charge on any atom is -0.492 e. The van der Waals surface area contributed by atoms with Gasteiger partial charge in [0.15, 0.2) is 11.5 Å². The van der Waals surface area contributed by atoms with Crippen LogP contribution in [0.15, 0.2) is 12.1 Å². The molecule has 5 heteroatoms. The highest BCUT2D eigenvalue weighted by atomic mass is 16.7. The lowest BCUT2D eigenvalue weighted by atomic mass is 10.1. The molecule has 0 amide bonds. The van der Waals surface area contributed by atoms with Crippen molar-refractivity contribution in [3.05, 3.63) is 17.7 Å². The van der Waals surface area contributed by atoms with E-state index in [1.54, 1.807) is 0 Å². The van der Waals surface area contributed by atoms with Crippen LogP contribution in [0.4, 0.5) is 0 Å². The van der Waals surface area contributed by atoms with Crippen LogP contribution in [0.3, 0.4) is 0 Å². The third-order valence-electron chi connectivity index (χ3n) is 3.79. The van der Waals surface area contributed by atoms with Crippen molar-refractivity contribution in [2.75, 3.05) is 40.1 Å². The highest BCUT2D eigenvalue weighted by molar-refractivity contribution is 5.51. The standard InChI is InChI=1S/C15H22N2O3/c1-16-10-12-8-14-15(20-11-19-14)9-13(12)18-7-6-17-4-2-3-5-17/h8-9,16H,2-7,10-11H2,1H3. The Morgan fingerprint density at radius 3 is 2.70 bits per heavy atom. The first-order valence-corrected chi connectivity index (χ1v) is 7.29. The average molecular weight is 278 g/mol. The van der Waals surface area contributed by atoms with Crippen molar-refractivity contribution in [1.82, 2.24) is 10.2 Å². The Kier molecular flexibility index (Phi) is 4.28. The summed E-state index contributed by atoms with van der Waals surface area (Å²) in [5.74, 6) is 2.48. The third-order valence-corrected chi connectivity index (χ3v) is 3.79. The van der Waals surface area contributed by atoms with E-state index in [0.717, 1.165) is 42.5 Å². The number of hydrogen-bond acceptors (Lipinski definition) is 5. The predicted molar refractivity (Wildman–Crippen MR) is 76.5 cm³/mol. The summed E-state index contributed by atoms with van der Waals surface area (Å²) in [6, 6.07) is 3.95. The van der Waals surface area contributed by atoms with Gasteiger partial charge in [0.05, 0.1) is 0 Å². The molecule has 110 valence electrons. The fourth-order valence-electron chi connectivity index (χ4n) is 2.72. The summed E-state index contributed by atoms with van der Waals surface area (Å²) >= 11 is 0. The second-order valence-electron chi connectivity index (χ2n) is 5.24. The first-order chi connectivity index (χ1) is 9.86. The Morgan fingerprint density at radius 2 is 1.95 bits per heavy atom. The van der Waals surface area contributed by atoms with Crippen LogP contribution in [-0.4, -0.2) is 45.0 Å². The van der Waals surface area contributed by atoms with E-state index in [1.165, 1.54) is 25.9 Å². The van der Waals surface area contributed by atoms with Crippen LogP contribution in [0.1, 0.15) is 18.4 Å². The Bertz CT molecular complexity index is 459. The minimum atomic E-state index is 0.297. The molecule has 5 nitrogen and oxygen atoms in total. The number of ether oxygens (including phenoxy) is 3. The number of fused-ring (bicyclic) bond motifs is 1. The maximum Gasteiger partial charge on any atom is 0.231 e. The maximum atomic E-state index is 5.96. The van der Waals surface area contributed by atoms with E-state index in [9.17, 15) is 0 Å². The summed E-state index contributed by atoms with van der Waals surface area (Å²) in [5, 5.41) is 3.16. The molecule has 0 saturated carbocycles. The van der Waals surface area contributed by atoms with Gasteiger partial charge in [-0.25, -0.2) is 0 Å². The van der Waals surface area contributed by atoms with Crippen LogP contribution in [0, 0.1) is 0 Å². The fourth-order valence-corrected chi connectivity index (χ4v) is 2.72. The average Bonchev–Trinajstić information content (AvgIpc) is 3.10. The van der Waals surface area contributed by atoms with Crippen molar-refractivity contribution in [3.63, 3.8) is 0 Å². The molecule has 0 unspecified atom stereocenters. The Balaban J connectivity index is 1.64. The van der Waals surface area contributed by atoms with Gasteiger partial charge in [-0.05, 0) is 39.0 Å². The van der Waals surface area contributed by atoms with Crippen LogP contribution in [0.5, 0.6) is 17.2 Å². The SMILES string of the molecule is CNCc1cc2c(cc1OCCN1CCCC1)OCO2. The Hall–Kier alpha value is -1.46. The monoisotopic (exact) mass is 278 g/mol. The van der Waals surface area contributed by atoms with Crippen molar-refractivity contribution in [1.29, 1.82) is 0 Å². The smallest absolute Gasteiger partial charge is 0.231 e. The molecule has 3 rings (SSSR count). The Morgan fingerprint density at radius 1 is 1.20 bits per heavy atom. The van der Waals surface area contributed by atoms with Crippen LogP contribution in [0.2, 0.25) is 0 Å². The highest BCUT2D eigenvalue weighted by Crippen LogP contribution is 2.38. The van der Waals surface area contributed by atoms with Crippen molar-refractivity contribution in [2.24, 2.45) is 0 Å². The molecule has 0 spiro atoms. The van der Waals surface area contributed by atoms with Crippen molar-refractivity contribution >= 4 is 0 Å². The van der Waals surface area contributed by atoms with E-state index in [2.05, 4.69) is 10.2 Å². The van der Waals surface area contributed by atoms with Crippen LogP contribution < -0.4 is 19.5 Å². The molecular weight excluding hydrogens is 256 g/mol. The molecule has 0 aromatic heterocycles. The summed E-state index contributed by atoms with van der Waals surface area (Å²) in [5.41, 5.74) is 1.11. The van der Waals surface area contributed by atoms with Crippen molar-refractivity contribution in [3.8, 4) is 17.2 Å². The first-order valence-electron chi connectivity index (χ1n) is 7.29. The molecular formula is C15H22N2O3. The van der Waals surface area contributed by atoms with Gasteiger partial charge in [-0.3, -0.25) is 4.90 Å². The second-order valence-corrected chi connectivity index (χ2v) is 5.24. The summed E-state index contributed by atoms with van der Waals surface area (Å²) in [6.07, 6.45) is 2.63. The van der Waals surface area contributed by atoms with E-state index in [4.69, 9.17) is 14.2 Å². The zero-order valence-corrected chi connectivity index (χ0v) is 12.0. The van der Waals surface area contributed by atoms with Gasteiger partial charge in [-0.2, -0.15) is 0 Å². The van der Waals surface area contributed by atoms with Crippen LogP contribution in [-0.2, 0) is 6.54 Å². The normalized spacial score (nSPS) is 17.6. The second kappa shape index (κ2) is 6.33. The Labute approximate surface area is 119 Å². The number of benzene rings is 1. The fraction of sp³-hybridized carbons (Fsp3) is 0.600. The lowest BCUT2D eigenvalue weighted by Gasteiger charge is -2.17. The molecule has 0 atom stereocenters. The van der Waals surface area contributed by atoms with E-state index >= 15 is 0 Å². The molecule has 2 aliphatic rings. The van der Waals surface area contributed by atoms with Gasteiger partial charge in [0.1, 0.15) is 12.4 Å².